The molecule has 1 aromatic carbocycles. The third-order valence-corrected chi connectivity index (χ3v) is 5.91. The van der Waals surface area contributed by atoms with Crippen LogP contribution in [0.1, 0.15) is 37.7 Å². The van der Waals surface area contributed by atoms with E-state index >= 15 is 0 Å². The Hall–Kier alpha value is -0.380. The van der Waals surface area contributed by atoms with Crippen LogP contribution in [0.25, 0.3) is 0 Å². The van der Waals surface area contributed by atoms with Gasteiger partial charge in [0, 0.05) is 43.2 Å². The van der Waals surface area contributed by atoms with Crippen LogP contribution < -0.4 is 10.6 Å². The molecular weight excluding hydrogens is 521 g/mol. The average molecular weight is 552 g/mol. The normalized spacial score (nSPS) is 21.3. The van der Waals surface area contributed by atoms with Crippen LogP contribution >= 0.6 is 39.9 Å². The number of hydrogen-bond donors (Lipinski definition) is 2. The van der Waals surface area contributed by atoms with Crippen LogP contribution in [0.15, 0.2) is 33.7 Å². The Morgan fingerprint density at radius 2 is 2.22 bits per heavy atom. The standard InChI is InChI=1S/C20H30BrN3O2.HI/c1-22-19(23-10-4-11-26-18-7-12-25-14-18)24-15-20(8-3-9-20)16-5-2-6-17(21)13-16;/h2,5-6,13,18H,3-4,7-12,14-15H2,1H3,(H2,22,23,24);1H. The summed E-state index contributed by atoms with van der Waals surface area (Å²) in [6, 6.07) is 8.71. The van der Waals surface area contributed by atoms with Gasteiger partial charge in [0.15, 0.2) is 5.96 Å². The minimum atomic E-state index is 0. The number of guanidine groups is 1. The third-order valence-electron chi connectivity index (χ3n) is 5.42. The molecule has 0 bridgehead atoms. The minimum absolute atomic E-state index is 0. The van der Waals surface area contributed by atoms with Gasteiger partial charge in [-0.25, -0.2) is 0 Å². The highest BCUT2D eigenvalue weighted by Gasteiger charge is 2.38. The van der Waals surface area contributed by atoms with Crippen LogP contribution in [-0.2, 0) is 14.9 Å². The van der Waals surface area contributed by atoms with Gasteiger partial charge in [0.05, 0.1) is 12.7 Å². The van der Waals surface area contributed by atoms with E-state index in [9.17, 15) is 0 Å². The Labute approximate surface area is 188 Å². The Morgan fingerprint density at radius 3 is 2.85 bits per heavy atom. The second kappa shape index (κ2) is 11.6. The largest absolute Gasteiger partial charge is 0.379 e. The highest BCUT2D eigenvalue weighted by Crippen LogP contribution is 2.43. The molecule has 152 valence electrons. The maximum Gasteiger partial charge on any atom is 0.191 e. The van der Waals surface area contributed by atoms with Crippen LogP contribution in [0.5, 0.6) is 0 Å². The predicted octanol–water partition coefficient (Wildman–Crippen LogP) is 3.85. The van der Waals surface area contributed by atoms with E-state index in [0.717, 1.165) is 56.2 Å². The van der Waals surface area contributed by atoms with Gasteiger partial charge in [-0.05, 0) is 43.4 Å². The molecule has 1 unspecified atom stereocenters. The van der Waals surface area contributed by atoms with Crippen molar-refractivity contribution in [3.63, 3.8) is 0 Å². The van der Waals surface area contributed by atoms with E-state index < -0.39 is 0 Å². The van der Waals surface area contributed by atoms with Crippen molar-refractivity contribution < 1.29 is 9.47 Å². The van der Waals surface area contributed by atoms with Crippen molar-refractivity contribution in [1.82, 2.24) is 10.6 Å². The molecule has 0 aromatic heterocycles. The molecule has 1 saturated heterocycles. The maximum absolute atomic E-state index is 5.80. The van der Waals surface area contributed by atoms with Gasteiger partial charge in [0.2, 0.25) is 0 Å². The maximum atomic E-state index is 5.80. The Kier molecular flexibility index (Phi) is 9.82. The zero-order valence-corrected chi connectivity index (χ0v) is 19.9. The number of rotatable bonds is 8. The van der Waals surface area contributed by atoms with E-state index in [-0.39, 0.29) is 35.5 Å². The molecule has 1 heterocycles. The number of aliphatic imine (C=N–C) groups is 1. The Bertz CT molecular complexity index is 605. The van der Waals surface area contributed by atoms with Crippen molar-refractivity contribution in [2.45, 2.75) is 43.6 Å². The lowest BCUT2D eigenvalue weighted by Crippen LogP contribution is -2.49. The molecule has 1 aromatic rings. The first kappa shape index (κ1) is 22.9. The van der Waals surface area contributed by atoms with Gasteiger partial charge in [0.1, 0.15) is 0 Å². The summed E-state index contributed by atoms with van der Waals surface area (Å²) in [4.78, 5) is 4.36. The van der Waals surface area contributed by atoms with Crippen molar-refractivity contribution in [2.75, 3.05) is 40.0 Å². The summed E-state index contributed by atoms with van der Waals surface area (Å²) < 4.78 is 12.3. The van der Waals surface area contributed by atoms with E-state index in [4.69, 9.17) is 9.47 Å². The van der Waals surface area contributed by atoms with E-state index in [1.54, 1.807) is 0 Å². The minimum Gasteiger partial charge on any atom is -0.379 e. The zero-order chi connectivity index (χ0) is 18.2. The van der Waals surface area contributed by atoms with Gasteiger partial charge in [-0.2, -0.15) is 0 Å². The molecule has 3 rings (SSSR count). The van der Waals surface area contributed by atoms with Crippen LogP contribution in [0.2, 0.25) is 0 Å². The summed E-state index contributed by atoms with van der Waals surface area (Å²) in [6.45, 7) is 4.11. The lowest BCUT2D eigenvalue weighted by molar-refractivity contribution is 0.0420. The first-order valence-electron chi connectivity index (χ1n) is 9.62. The SMILES string of the molecule is CN=C(NCCCOC1CCOC1)NCC1(c2cccc(Br)c2)CCC1.I. The highest BCUT2D eigenvalue weighted by atomic mass is 127. The van der Waals surface area contributed by atoms with Gasteiger partial charge < -0.3 is 20.1 Å². The molecule has 2 N–H and O–H groups in total. The van der Waals surface area contributed by atoms with Crippen molar-refractivity contribution >= 4 is 45.9 Å². The predicted molar refractivity (Wildman–Crippen MR) is 124 cm³/mol. The van der Waals surface area contributed by atoms with Crippen molar-refractivity contribution in [3.05, 3.63) is 34.3 Å². The molecule has 27 heavy (non-hydrogen) atoms. The average Bonchev–Trinajstić information content (AvgIpc) is 3.12. The van der Waals surface area contributed by atoms with Gasteiger partial charge in [0.25, 0.3) is 0 Å². The Balaban J connectivity index is 0.00000261. The summed E-state index contributed by atoms with van der Waals surface area (Å²) in [5, 5.41) is 6.92. The summed E-state index contributed by atoms with van der Waals surface area (Å²) in [5.41, 5.74) is 1.64. The molecule has 2 fully saturated rings. The van der Waals surface area contributed by atoms with E-state index in [0.29, 0.717) is 0 Å². The molecule has 1 aliphatic heterocycles. The second-order valence-corrected chi connectivity index (χ2v) is 8.12. The van der Waals surface area contributed by atoms with Crippen LogP contribution in [0.3, 0.4) is 0 Å². The van der Waals surface area contributed by atoms with E-state index in [1.165, 1.54) is 24.8 Å². The smallest absolute Gasteiger partial charge is 0.191 e. The number of nitrogens with one attached hydrogen (secondary N) is 2. The first-order chi connectivity index (χ1) is 12.7. The fourth-order valence-electron chi connectivity index (χ4n) is 3.64. The molecule has 0 spiro atoms. The summed E-state index contributed by atoms with van der Waals surface area (Å²) in [6.07, 6.45) is 6.02. The van der Waals surface area contributed by atoms with Crippen LogP contribution in [0, 0.1) is 0 Å². The molecule has 2 aliphatic rings. The molecule has 7 heteroatoms. The first-order valence-corrected chi connectivity index (χ1v) is 10.4. The van der Waals surface area contributed by atoms with E-state index in [1.807, 2.05) is 7.05 Å². The second-order valence-electron chi connectivity index (χ2n) is 7.21. The number of benzene rings is 1. The fourth-order valence-corrected chi connectivity index (χ4v) is 4.04. The lowest BCUT2D eigenvalue weighted by Gasteiger charge is -2.43. The summed E-state index contributed by atoms with van der Waals surface area (Å²) in [5.74, 6) is 0.871. The number of nitrogens with zero attached hydrogens (tertiary/aromatic N) is 1. The van der Waals surface area contributed by atoms with E-state index in [2.05, 4.69) is 55.8 Å². The van der Waals surface area contributed by atoms with Crippen LogP contribution in [-0.4, -0.2) is 52.0 Å². The fraction of sp³-hybridized carbons (Fsp3) is 0.650. The summed E-state index contributed by atoms with van der Waals surface area (Å²) in [7, 11) is 1.83. The lowest BCUT2D eigenvalue weighted by atomic mass is 9.64. The Morgan fingerprint density at radius 1 is 1.37 bits per heavy atom. The zero-order valence-electron chi connectivity index (χ0n) is 16.0. The quantitative estimate of drug-likeness (QED) is 0.223. The highest BCUT2D eigenvalue weighted by molar-refractivity contribution is 14.0. The van der Waals surface area contributed by atoms with Gasteiger partial charge in [-0.15, -0.1) is 24.0 Å². The third kappa shape index (κ3) is 6.58. The molecule has 5 nitrogen and oxygen atoms in total. The number of hydrogen-bond acceptors (Lipinski definition) is 3. The van der Waals surface area contributed by atoms with Crippen LogP contribution in [0.4, 0.5) is 0 Å². The molecule has 1 atom stereocenters. The number of halogens is 2. The molecule has 0 radical (unpaired) electrons. The molecule has 1 saturated carbocycles. The molecule has 0 amide bonds. The molecular formula is C20H31BrIN3O2. The van der Waals surface area contributed by atoms with Gasteiger partial charge >= 0.3 is 0 Å². The van der Waals surface area contributed by atoms with Crippen molar-refractivity contribution in [3.8, 4) is 0 Å². The van der Waals surface area contributed by atoms with Gasteiger partial charge in [-0.3, -0.25) is 4.99 Å². The monoisotopic (exact) mass is 551 g/mol. The van der Waals surface area contributed by atoms with Gasteiger partial charge in [-0.1, -0.05) is 34.5 Å². The topological polar surface area (TPSA) is 54.9 Å². The van der Waals surface area contributed by atoms with Crippen molar-refractivity contribution in [2.24, 2.45) is 4.99 Å². The number of ether oxygens (including phenoxy) is 2. The van der Waals surface area contributed by atoms with Crippen molar-refractivity contribution in [1.29, 1.82) is 0 Å². The summed E-state index contributed by atoms with van der Waals surface area (Å²) >= 11 is 3.60. The molecule has 1 aliphatic carbocycles.